The number of benzene rings is 2. The Hall–Kier alpha value is -5.05. The number of rotatable bonds is 8. The number of aromatic nitrogens is 1. The van der Waals surface area contributed by atoms with E-state index in [-0.39, 0.29) is 54.2 Å². The lowest BCUT2D eigenvalue weighted by molar-refractivity contribution is -0.111. The van der Waals surface area contributed by atoms with Gasteiger partial charge in [0.1, 0.15) is 44.7 Å². The van der Waals surface area contributed by atoms with Crippen molar-refractivity contribution >= 4 is 91.3 Å². The first kappa shape index (κ1) is 32.3. The largest absolute Gasteiger partial charge is 0.292 e. The molecule has 46 heavy (non-hydrogen) atoms. The Bertz CT molecular complexity index is 1900. The van der Waals surface area contributed by atoms with Crippen LogP contribution in [0.15, 0.2) is 98.1 Å². The van der Waals surface area contributed by atoms with Gasteiger partial charge in [-0.3, -0.25) is 19.2 Å². The van der Waals surface area contributed by atoms with Crippen LogP contribution in [0.4, 0.5) is 11.4 Å². The van der Waals surface area contributed by atoms with E-state index in [9.17, 15) is 29.7 Å². The minimum absolute atomic E-state index is 0.0547. The molecule has 0 saturated carbocycles. The molecule has 5 rings (SSSR count). The van der Waals surface area contributed by atoms with Crippen LogP contribution in [0.25, 0.3) is 0 Å². The molecule has 15 heteroatoms. The number of hydrazone groups is 2. The van der Waals surface area contributed by atoms with E-state index >= 15 is 0 Å². The number of Topliss-reactive ketones (excluding diaryl/α,β-unsaturated/α-hetero) is 4. The number of anilines is 2. The van der Waals surface area contributed by atoms with E-state index in [1.807, 2.05) is 12.1 Å². The molecule has 2 aliphatic rings. The summed E-state index contributed by atoms with van der Waals surface area (Å²) < 4.78 is 0. The zero-order valence-electron chi connectivity index (χ0n) is 23.7. The fourth-order valence-electron chi connectivity index (χ4n) is 4.03. The molecule has 226 valence electrons. The van der Waals surface area contributed by atoms with Crippen LogP contribution < -0.4 is 10.0 Å². The van der Waals surface area contributed by atoms with Gasteiger partial charge >= 0.3 is 0 Å². The summed E-state index contributed by atoms with van der Waals surface area (Å²) >= 11 is 13.7. The van der Waals surface area contributed by atoms with Gasteiger partial charge in [0.2, 0.25) is 11.6 Å². The Morgan fingerprint density at radius 2 is 1.02 bits per heavy atom. The Balaban J connectivity index is 1.54. The second-order valence-electron chi connectivity index (χ2n) is 9.35. The second-order valence-corrected chi connectivity index (χ2v) is 12.2. The molecule has 0 spiro atoms. The summed E-state index contributed by atoms with van der Waals surface area (Å²) in [6, 6.07) is 20.6. The first-order chi connectivity index (χ1) is 22.0. The smallest absolute Gasteiger partial charge is 0.224 e. The number of ketones is 4. The molecular weight excluding hydrogens is 669 g/mol. The third-order valence-corrected chi connectivity index (χ3v) is 8.99. The highest BCUT2D eigenvalue weighted by Gasteiger charge is 2.34. The van der Waals surface area contributed by atoms with Crippen molar-refractivity contribution in [2.24, 2.45) is 10.2 Å². The first-order valence-electron chi connectivity index (χ1n) is 13.0. The molecule has 0 radical (unpaired) electrons. The molecule has 0 unspecified atom stereocenters. The van der Waals surface area contributed by atoms with Gasteiger partial charge in [0.05, 0.1) is 11.4 Å². The molecule has 0 amide bonds. The van der Waals surface area contributed by atoms with Gasteiger partial charge in [-0.1, -0.05) is 29.3 Å². The summed E-state index contributed by atoms with van der Waals surface area (Å²) in [6.07, 6.45) is 0. The molecule has 1 aromatic heterocycles. The van der Waals surface area contributed by atoms with Crippen LogP contribution in [-0.4, -0.2) is 38.2 Å². The fourth-order valence-corrected chi connectivity index (χ4v) is 6.13. The molecule has 2 aliphatic heterocycles. The van der Waals surface area contributed by atoms with Crippen molar-refractivity contribution in [1.82, 2.24) is 4.98 Å². The van der Waals surface area contributed by atoms with Crippen LogP contribution in [0.2, 0.25) is 10.0 Å². The lowest BCUT2D eigenvalue weighted by Gasteiger charge is -2.17. The normalized spacial score (nSPS) is 16.2. The SMILES string of the molecule is CC(=O)C1=NN(c2ccc(Cl)cc2)/C(=C(/C#N)C(=O)c2cccc(C(=O)/C(C#N)=C3/SC(C(C)=O)=NN3c3ccc(Cl)cc3)n2)S1. The van der Waals surface area contributed by atoms with Crippen LogP contribution in [0.5, 0.6) is 0 Å². The molecule has 0 atom stereocenters. The molecule has 2 aromatic carbocycles. The van der Waals surface area contributed by atoms with Gasteiger partial charge in [0, 0.05) is 23.9 Å². The van der Waals surface area contributed by atoms with Crippen molar-refractivity contribution in [2.45, 2.75) is 13.8 Å². The van der Waals surface area contributed by atoms with Crippen LogP contribution in [-0.2, 0) is 9.59 Å². The zero-order valence-corrected chi connectivity index (χ0v) is 26.8. The number of allylic oxidation sites excluding steroid dienone is 2. The van der Waals surface area contributed by atoms with E-state index in [1.54, 1.807) is 48.5 Å². The van der Waals surface area contributed by atoms with Crippen molar-refractivity contribution in [3.8, 4) is 12.1 Å². The van der Waals surface area contributed by atoms with Crippen LogP contribution in [0.3, 0.4) is 0 Å². The first-order valence-corrected chi connectivity index (χ1v) is 15.4. The third-order valence-electron chi connectivity index (χ3n) is 6.22. The number of nitrogens with zero attached hydrogens (tertiary/aromatic N) is 7. The van der Waals surface area contributed by atoms with Crippen molar-refractivity contribution in [2.75, 3.05) is 10.0 Å². The number of hydrogen-bond acceptors (Lipinski definition) is 13. The summed E-state index contributed by atoms with van der Waals surface area (Å²) in [6.45, 7) is 2.61. The van der Waals surface area contributed by atoms with Gasteiger partial charge in [-0.25, -0.2) is 15.0 Å². The zero-order chi connectivity index (χ0) is 33.1. The lowest BCUT2D eigenvalue weighted by Crippen LogP contribution is -2.18. The molecule has 0 N–H and O–H groups in total. The standard InChI is InChI=1S/C31H17Cl2N7O4S2/c1-16(41)28-37-39(20-10-6-18(32)7-11-20)30(45-28)22(14-34)26(43)24-4-3-5-25(36-24)27(44)23(15-35)31-40(38-29(46-31)17(2)42)21-12-8-19(33)9-13-21/h3-13H,1-2H3/b30-22+,31-23+. The van der Waals surface area contributed by atoms with Gasteiger partial charge < -0.3 is 0 Å². The molecule has 0 aliphatic carbocycles. The fraction of sp³-hybridized carbons (Fsp3) is 0.0645. The summed E-state index contributed by atoms with van der Waals surface area (Å²) in [4.78, 5) is 56.0. The molecule has 0 bridgehead atoms. The van der Waals surface area contributed by atoms with Gasteiger partial charge in [0.15, 0.2) is 21.7 Å². The number of carbonyl (C=O) groups is 4. The van der Waals surface area contributed by atoms with Crippen molar-refractivity contribution in [1.29, 1.82) is 10.5 Å². The average molecular weight is 687 g/mol. The number of hydrogen-bond donors (Lipinski definition) is 0. The molecular formula is C31H17Cl2N7O4S2. The Kier molecular flexibility index (Phi) is 9.51. The minimum atomic E-state index is -0.843. The Morgan fingerprint density at radius 3 is 1.35 bits per heavy atom. The third kappa shape index (κ3) is 6.49. The highest BCUT2D eigenvalue weighted by Crippen LogP contribution is 2.39. The summed E-state index contributed by atoms with van der Waals surface area (Å²) in [5, 5.41) is 32.5. The molecule has 0 fully saturated rings. The van der Waals surface area contributed by atoms with E-state index < -0.39 is 11.6 Å². The van der Waals surface area contributed by atoms with Gasteiger partial charge in [-0.15, -0.1) is 0 Å². The lowest BCUT2D eigenvalue weighted by atomic mass is 10.1. The van der Waals surface area contributed by atoms with Crippen LogP contribution in [0.1, 0.15) is 34.8 Å². The van der Waals surface area contributed by atoms with Crippen LogP contribution >= 0.6 is 46.7 Å². The van der Waals surface area contributed by atoms with Gasteiger partial charge in [-0.05, 0) is 84.2 Å². The van der Waals surface area contributed by atoms with Crippen molar-refractivity contribution < 1.29 is 19.2 Å². The molecule has 11 nitrogen and oxygen atoms in total. The quantitative estimate of drug-likeness (QED) is 0.144. The maximum absolute atomic E-state index is 13.7. The van der Waals surface area contributed by atoms with E-state index in [2.05, 4.69) is 15.2 Å². The highest BCUT2D eigenvalue weighted by atomic mass is 35.5. The predicted octanol–water partition coefficient (Wildman–Crippen LogP) is 6.54. The van der Waals surface area contributed by atoms with Gasteiger partial charge in [-0.2, -0.15) is 20.7 Å². The van der Waals surface area contributed by atoms with Crippen molar-refractivity contribution in [3.05, 3.63) is 109 Å². The maximum Gasteiger partial charge on any atom is 0.224 e. The monoisotopic (exact) mass is 685 g/mol. The summed E-state index contributed by atoms with van der Waals surface area (Å²) in [5.41, 5.74) is -0.403. The topological polar surface area (TPSA) is 160 Å². The Labute approximate surface area is 280 Å². The molecule has 3 heterocycles. The van der Waals surface area contributed by atoms with Gasteiger partial charge in [0.25, 0.3) is 0 Å². The number of carbonyl (C=O) groups excluding carboxylic acids is 4. The summed E-state index contributed by atoms with van der Waals surface area (Å²) in [5.74, 6) is -2.43. The number of halogens is 2. The molecule has 0 saturated heterocycles. The summed E-state index contributed by atoms with van der Waals surface area (Å²) in [7, 11) is 0. The molecule has 3 aromatic rings. The number of pyridine rings is 1. The van der Waals surface area contributed by atoms with E-state index in [0.717, 1.165) is 23.5 Å². The highest BCUT2D eigenvalue weighted by molar-refractivity contribution is 8.19. The average Bonchev–Trinajstić information content (AvgIpc) is 3.69. The maximum atomic E-state index is 13.7. The van der Waals surface area contributed by atoms with Crippen molar-refractivity contribution in [3.63, 3.8) is 0 Å². The van der Waals surface area contributed by atoms with E-state index in [4.69, 9.17) is 23.2 Å². The number of thioether (sulfide) groups is 2. The van der Waals surface area contributed by atoms with Crippen LogP contribution in [0, 0.1) is 22.7 Å². The van der Waals surface area contributed by atoms with E-state index in [1.165, 1.54) is 42.1 Å². The number of nitriles is 2. The predicted molar refractivity (Wildman–Crippen MR) is 177 cm³/mol. The Morgan fingerprint density at radius 1 is 0.652 bits per heavy atom. The van der Waals surface area contributed by atoms with E-state index in [0.29, 0.717) is 21.4 Å². The second kappa shape index (κ2) is 13.5. The minimum Gasteiger partial charge on any atom is -0.292 e.